The first-order valence-corrected chi connectivity index (χ1v) is 6.25. The van der Waals surface area contributed by atoms with Gasteiger partial charge in [0.15, 0.2) is 5.82 Å². The molecule has 0 bridgehead atoms. The second kappa shape index (κ2) is 6.21. The highest BCUT2D eigenvalue weighted by Gasteiger charge is 2.09. The molecule has 0 atom stereocenters. The molecule has 0 fully saturated rings. The Kier molecular flexibility index (Phi) is 4.37. The molecule has 0 unspecified atom stereocenters. The maximum atomic E-state index is 11.5. The number of nitrogens with one attached hydrogen (secondary N) is 2. The van der Waals surface area contributed by atoms with E-state index in [0.29, 0.717) is 10.8 Å². The van der Waals surface area contributed by atoms with Gasteiger partial charge in [-0.2, -0.15) is 5.10 Å². The van der Waals surface area contributed by atoms with Crippen LogP contribution in [-0.2, 0) is 9.59 Å². The largest absolute Gasteiger partial charge is 0.481 e. The Bertz CT molecular complexity index is 622. The maximum absolute atomic E-state index is 11.5. The molecule has 2 aromatic rings. The lowest BCUT2D eigenvalue weighted by Crippen LogP contribution is -2.13. The standard InChI is InChI=1S/C13H12ClN3O3/c14-9-3-1-8(2-4-9)10-7-11(17-16-10)15-12(18)5-6-13(19)20/h1-4,7H,5-6H2,(H,19,20)(H2,15,16,17,18). The third-order valence-corrected chi connectivity index (χ3v) is 2.82. The molecule has 2 rings (SSSR count). The minimum absolute atomic E-state index is 0.0848. The number of rotatable bonds is 5. The Labute approximate surface area is 119 Å². The zero-order valence-electron chi connectivity index (χ0n) is 10.4. The van der Waals surface area contributed by atoms with Gasteiger partial charge in [0, 0.05) is 17.5 Å². The molecule has 1 heterocycles. The molecular weight excluding hydrogens is 282 g/mol. The topological polar surface area (TPSA) is 95.1 Å². The van der Waals surface area contributed by atoms with Gasteiger partial charge in [0.05, 0.1) is 12.1 Å². The van der Waals surface area contributed by atoms with Crippen molar-refractivity contribution in [2.24, 2.45) is 0 Å². The number of benzene rings is 1. The summed E-state index contributed by atoms with van der Waals surface area (Å²) in [6.07, 6.45) is -0.293. The number of carboxylic acids is 1. The smallest absolute Gasteiger partial charge is 0.303 e. The number of aliphatic carboxylic acids is 1. The molecule has 20 heavy (non-hydrogen) atoms. The Balaban J connectivity index is 2.00. The van der Waals surface area contributed by atoms with E-state index in [1.807, 2.05) is 12.1 Å². The molecule has 0 aliphatic heterocycles. The van der Waals surface area contributed by atoms with Gasteiger partial charge in [0.25, 0.3) is 0 Å². The summed E-state index contributed by atoms with van der Waals surface area (Å²) in [4.78, 5) is 21.8. The van der Waals surface area contributed by atoms with Crippen molar-refractivity contribution in [3.05, 3.63) is 35.4 Å². The Morgan fingerprint density at radius 1 is 1.25 bits per heavy atom. The molecule has 0 saturated carbocycles. The highest BCUT2D eigenvalue weighted by Crippen LogP contribution is 2.21. The number of carboxylic acid groups (broad SMARTS) is 1. The predicted octanol–water partition coefficient (Wildman–Crippen LogP) is 2.53. The predicted molar refractivity (Wildman–Crippen MR) is 74.5 cm³/mol. The summed E-state index contributed by atoms with van der Waals surface area (Å²) in [6.45, 7) is 0. The first-order chi connectivity index (χ1) is 9.54. The quantitative estimate of drug-likeness (QED) is 0.789. The third-order valence-electron chi connectivity index (χ3n) is 2.57. The van der Waals surface area contributed by atoms with Crippen LogP contribution in [0.4, 0.5) is 5.82 Å². The van der Waals surface area contributed by atoms with Crippen LogP contribution in [0.5, 0.6) is 0 Å². The number of hydrogen-bond acceptors (Lipinski definition) is 3. The van der Waals surface area contributed by atoms with Crippen LogP contribution in [0.3, 0.4) is 0 Å². The van der Waals surface area contributed by atoms with Crippen LogP contribution in [-0.4, -0.2) is 27.2 Å². The molecule has 7 heteroatoms. The van der Waals surface area contributed by atoms with Gasteiger partial charge in [-0.1, -0.05) is 23.7 Å². The maximum Gasteiger partial charge on any atom is 0.303 e. The van der Waals surface area contributed by atoms with Crippen LogP contribution >= 0.6 is 11.6 Å². The third kappa shape index (κ3) is 3.83. The highest BCUT2D eigenvalue weighted by molar-refractivity contribution is 6.30. The van der Waals surface area contributed by atoms with Gasteiger partial charge in [-0.05, 0) is 17.7 Å². The lowest BCUT2D eigenvalue weighted by molar-refractivity contribution is -0.138. The van der Waals surface area contributed by atoms with Crippen LogP contribution in [0.2, 0.25) is 5.02 Å². The molecule has 6 nitrogen and oxygen atoms in total. The van der Waals surface area contributed by atoms with Gasteiger partial charge in [0.1, 0.15) is 0 Å². The molecule has 0 spiro atoms. The number of halogens is 1. The van der Waals surface area contributed by atoms with E-state index in [9.17, 15) is 9.59 Å². The van der Waals surface area contributed by atoms with Crippen LogP contribution < -0.4 is 5.32 Å². The highest BCUT2D eigenvalue weighted by atomic mass is 35.5. The van der Waals surface area contributed by atoms with Crippen LogP contribution in [0, 0.1) is 0 Å². The van der Waals surface area contributed by atoms with Gasteiger partial charge < -0.3 is 10.4 Å². The average molecular weight is 294 g/mol. The summed E-state index contributed by atoms with van der Waals surface area (Å²) >= 11 is 5.80. The fourth-order valence-corrected chi connectivity index (χ4v) is 1.71. The lowest BCUT2D eigenvalue weighted by Gasteiger charge is -1.99. The van der Waals surface area contributed by atoms with Crippen LogP contribution in [0.1, 0.15) is 12.8 Å². The average Bonchev–Trinajstić information content (AvgIpc) is 2.85. The van der Waals surface area contributed by atoms with Crippen molar-refractivity contribution in [2.45, 2.75) is 12.8 Å². The van der Waals surface area contributed by atoms with Crippen LogP contribution in [0.15, 0.2) is 30.3 Å². The van der Waals surface area contributed by atoms with Crippen molar-refractivity contribution in [3.8, 4) is 11.3 Å². The molecule has 0 aliphatic rings. The van der Waals surface area contributed by atoms with E-state index in [2.05, 4.69) is 15.5 Å². The number of aromatic nitrogens is 2. The fourth-order valence-electron chi connectivity index (χ4n) is 1.59. The molecule has 0 radical (unpaired) electrons. The molecule has 1 aromatic heterocycles. The summed E-state index contributed by atoms with van der Waals surface area (Å²) in [5, 5.41) is 18.4. The van der Waals surface area contributed by atoms with Crippen molar-refractivity contribution in [1.82, 2.24) is 10.2 Å². The summed E-state index contributed by atoms with van der Waals surface area (Å²) in [6, 6.07) is 8.82. The van der Waals surface area contributed by atoms with E-state index in [1.54, 1.807) is 18.2 Å². The zero-order chi connectivity index (χ0) is 14.5. The Morgan fingerprint density at radius 3 is 2.60 bits per heavy atom. The number of hydrogen-bond donors (Lipinski definition) is 3. The van der Waals surface area contributed by atoms with Crippen molar-refractivity contribution in [3.63, 3.8) is 0 Å². The molecule has 1 aromatic carbocycles. The van der Waals surface area contributed by atoms with E-state index >= 15 is 0 Å². The van der Waals surface area contributed by atoms with E-state index in [1.165, 1.54) is 0 Å². The fraction of sp³-hybridized carbons (Fsp3) is 0.154. The van der Waals surface area contributed by atoms with Crippen molar-refractivity contribution in [2.75, 3.05) is 5.32 Å². The molecular formula is C13H12ClN3O3. The number of H-pyrrole nitrogens is 1. The number of amides is 1. The second-order valence-electron chi connectivity index (χ2n) is 4.12. The molecule has 0 saturated heterocycles. The molecule has 3 N–H and O–H groups in total. The monoisotopic (exact) mass is 293 g/mol. The number of aromatic amines is 1. The van der Waals surface area contributed by atoms with E-state index in [0.717, 1.165) is 11.3 Å². The first-order valence-electron chi connectivity index (χ1n) is 5.87. The summed E-state index contributed by atoms with van der Waals surface area (Å²) < 4.78 is 0. The Morgan fingerprint density at radius 2 is 1.95 bits per heavy atom. The van der Waals surface area contributed by atoms with E-state index in [-0.39, 0.29) is 18.7 Å². The first kappa shape index (κ1) is 14.1. The van der Waals surface area contributed by atoms with Crippen molar-refractivity contribution < 1.29 is 14.7 Å². The lowest BCUT2D eigenvalue weighted by atomic mass is 10.1. The summed E-state index contributed by atoms with van der Waals surface area (Å²) in [7, 11) is 0. The molecule has 1 amide bonds. The van der Waals surface area contributed by atoms with E-state index in [4.69, 9.17) is 16.7 Å². The molecule has 0 aliphatic carbocycles. The second-order valence-corrected chi connectivity index (χ2v) is 4.55. The van der Waals surface area contributed by atoms with Gasteiger partial charge in [0.2, 0.25) is 5.91 Å². The number of nitrogens with zero attached hydrogens (tertiary/aromatic N) is 1. The minimum atomic E-state index is -1.01. The minimum Gasteiger partial charge on any atom is -0.481 e. The van der Waals surface area contributed by atoms with E-state index < -0.39 is 5.97 Å². The summed E-state index contributed by atoms with van der Waals surface area (Å²) in [5.74, 6) is -1.05. The summed E-state index contributed by atoms with van der Waals surface area (Å²) in [5.41, 5.74) is 1.61. The van der Waals surface area contributed by atoms with Gasteiger partial charge >= 0.3 is 5.97 Å². The van der Waals surface area contributed by atoms with Gasteiger partial charge in [-0.25, -0.2) is 0 Å². The van der Waals surface area contributed by atoms with Gasteiger partial charge in [-0.15, -0.1) is 0 Å². The number of anilines is 1. The normalized spacial score (nSPS) is 10.2. The Hall–Kier alpha value is -2.34. The SMILES string of the molecule is O=C(O)CCC(=O)Nc1cc(-c2ccc(Cl)cc2)[nH]n1. The number of carbonyl (C=O) groups excluding carboxylic acids is 1. The van der Waals surface area contributed by atoms with Gasteiger partial charge in [-0.3, -0.25) is 14.7 Å². The van der Waals surface area contributed by atoms with Crippen LogP contribution in [0.25, 0.3) is 11.3 Å². The molecule has 104 valence electrons. The zero-order valence-corrected chi connectivity index (χ0v) is 11.1. The van der Waals surface area contributed by atoms with Crippen molar-refractivity contribution >= 4 is 29.3 Å². The number of carbonyl (C=O) groups is 2. The van der Waals surface area contributed by atoms with Crippen molar-refractivity contribution in [1.29, 1.82) is 0 Å².